The van der Waals surface area contributed by atoms with Crippen LogP contribution in [0.15, 0.2) is 35.5 Å². The Labute approximate surface area is 222 Å². The number of halogens is 3. The molecule has 208 valence electrons. The molecule has 1 aromatic carbocycles. The average molecular weight is 535 g/mol. The molecular weight excluding hydrogens is 497 g/mol. The fourth-order valence-electron chi connectivity index (χ4n) is 6.18. The maximum atomic E-state index is 14.9. The lowest BCUT2D eigenvalue weighted by molar-refractivity contribution is -0.194. The lowest BCUT2D eigenvalue weighted by Gasteiger charge is -2.35. The van der Waals surface area contributed by atoms with E-state index in [1.165, 1.54) is 7.11 Å². The Bertz CT molecular complexity index is 1100. The molecule has 1 N–H and O–H groups in total. The summed E-state index contributed by atoms with van der Waals surface area (Å²) in [5.74, 6) is -1.93. The van der Waals surface area contributed by atoms with Gasteiger partial charge in [0.05, 0.1) is 12.7 Å². The molecule has 1 saturated carbocycles. The third-order valence-electron chi connectivity index (χ3n) is 8.16. The first-order valence-corrected chi connectivity index (χ1v) is 13.5. The summed E-state index contributed by atoms with van der Waals surface area (Å²) < 4.78 is 49.9. The van der Waals surface area contributed by atoms with Gasteiger partial charge in [-0.1, -0.05) is 58.1 Å². The first-order chi connectivity index (χ1) is 17.9. The van der Waals surface area contributed by atoms with Gasteiger partial charge in [-0.15, -0.1) is 0 Å². The molecule has 4 rings (SSSR count). The average Bonchev–Trinajstić information content (AvgIpc) is 3.09. The summed E-state index contributed by atoms with van der Waals surface area (Å²) in [7, 11) is 1.54. The summed E-state index contributed by atoms with van der Waals surface area (Å²) in [6.07, 6.45) is 0.655. The van der Waals surface area contributed by atoms with Crippen molar-refractivity contribution in [3.05, 3.63) is 41.1 Å². The van der Waals surface area contributed by atoms with E-state index < -0.39 is 40.3 Å². The molecule has 9 heteroatoms. The maximum absolute atomic E-state index is 14.9. The molecule has 38 heavy (non-hydrogen) atoms. The minimum atomic E-state index is -5.17. The Balaban J connectivity index is 1.64. The van der Waals surface area contributed by atoms with Crippen LogP contribution in [0.3, 0.4) is 0 Å². The fraction of sp³-hybridized carbons (Fsp3) is 0.621. The van der Waals surface area contributed by atoms with Crippen molar-refractivity contribution in [2.75, 3.05) is 13.7 Å². The number of hydrogen-bond acceptors (Lipinski definition) is 4. The molecule has 0 unspecified atom stereocenters. The van der Waals surface area contributed by atoms with Crippen LogP contribution in [0.2, 0.25) is 0 Å². The molecule has 0 saturated heterocycles. The van der Waals surface area contributed by atoms with Gasteiger partial charge in [-0.3, -0.25) is 14.4 Å². The predicted octanol–water partition coefficient (Wildman–Crippen LogP) is 5.50. The quantitative estimate of drug-likeness (QED) is 0.478. The number of nitrogens with zero attached hydrogens (tertiary/aromatic N) is 1. The Hall–Kier alpha value is -2.84. The second-order valence-corrected chi connectivity index (χ2v) is 11.7. The molecule has 0 bridgehead atoms. The molecule has 6 nitrogen and oxygen atoms in total. The van der Waals surface area contributed by atoms with Gasteiger partial charge in [0.25, 0.3) is 5.91 Å². The summed E-state index contributed by atoms with van der Waals surface area (Å²) in [5, 5.41) is 2.07. The first kappa shape index (κ1) is 28.2. The number of carbonyl (C=O) groups is 3. The van der Waals surface area contributed by atoms with E-state index in [0.717, 1.165) is 42.6 Å². The third-order valence-corrected chi connectivity index (χ3v) is 8.16. The van der Waals surface area contributed by atoms with Gasteiger partial charge in [0, 0.05) is 25.1 Å². The minimum absolute atomic E-state index is 0.0386. The molecular formula is C29H37F3N2O4. The number of benzene rings is 1. The molecule has 1 aliphatic heterocycles. The summed E-state index contributed by atoms with van der Waals surface area (Å²) in [6.45, 7) is 3.57. The highest BCUT2D eigenvalue weighted by Crippen LogP contribution is 2.51. The van der Waals surface area contributed by atoms with Crippen molar-refractivity contribution in [3.63, 3.8) is 0 Å². The molecule has 3 aliphatic rings. The molecule has 0 radical (unpaired) electrons. The second-order valence-electron chi connectivity index (χ2n) is 11.7. The second kappa shape index (κ2) is 10.7. The van der Waals surface area contributed by atoms with Gasteiger partial charge in [-0.2, -0.15) is 13.2 Å². The zero-order chi connectivity index (χ0) is 27.7. The summed E-state index contributed by atoms with van der Waals surface area (Å²) in [5.41, 5.74) is -3.67. The van der Waals surface area contributed by atoms with Crippen molar-refractivity contribution < 1.29 is 32.3 Å². The van der Waals surface area contributed by atoms with Crippen LogP contribution in [0.25, 0.3) is 0 Å². The lowest BCUT2D eigenvalue weighted by atomic mass is 9.72. The Morgan fingerprint density at radius 3 is 2.34 bits per heavy atom. The summed E-state index contributed by atoms with van der Waals surface area (Å²) in [6, 6.07) is 7.06. The monoisotopic (exact) mass is 534 g/mol. The summed E-state index contributed by atoms with van der Waals surface area (Å²) in [4.78, 5) is 41.1. The van der Waals surface area contributed by atoms with Gasteiger partial charge in [0.15, 0.2) is 5.78 Å². The van der Waals surface area contributed by atoms with Gasteiger partial charge in [-0.05, 0) is 48.3 Å². The van der Waals surface area contributed by atoms with Crippen molar-refractivity contribution in [2.24, 2.45) is 11.3 Å². The molecule has 1 aromatic rings. The van der Waals surface area contributed by atoms with E-state index in [4.69, 9.17) is 4.74 Å². The number of allylic oxidation sites excluding steroid dienone is 1. The molecule has 1 fully saturated rings. The molecule has 1 atom stereocenters. The highest BCUT2D eigenvalue weighted by Gasteiger charge is 2.71. The van der Waals surface area contributed by atoms with Crippen LogP contribution in [0.5, 0.6) is 5.75 Å². The van der Waals surface area contributed by atoms with Crippen molar-refractivity contribution in [1.29, 1.82) is 0 Å². The van der Waals surface area contributed by atoms with Crippen LogP contribution in [-0.2, 0) is 20.8 Å². The van der Waals surface area contributed by atoms with Crippen LogP contribution >= 0.6 is 0 Å². The Morgan fingerprint density at radius 2 is 1.74 bits per heavy atom. The number of methoxy groups -OCH3 is 1. The number of amides is 2. The largest absolute Gasteiger partial charge is 0.497 e. The predicted molar refractivity (Wildman–Crippen MR) is 136 cm³/mol. The highest BCUT2D eigenvalue weighted by atomic mass is 19.4. The number of nitrogens with one attached hydrogen (secondary N) is 1. The topological polar surface area (TPSA) is 75.7 Å². The number of carbonyl (C=O) groups excluding carboxylic acids is 3. The number of ketones is 1. The van der Waals surface area contributed by atoms with Gasteiger partial charge in [0.2, 0.25) is 11.4 Å². The van der Waals surface area contributed by atoms with E-state index in [9.17, 15) is 27.6 Å². The van der Waals surface area contributed by atoms with E-state index in [1.807, 2.05) is 0 Å². The van der Waals surface area contributed by atoms with E-state index in [0.29, 0.717) is 18.1 Å². The van der Waals surface area contributed by atoms with Gasteiger partial charge >= 0.3 is 6.18 Å². The minimum Gasteiger partial charge on any atom is -0.497 e. The van der Waals surface area contributed by atoms with Gasteiger partial charge in [0.1, 0.15) is 5.75 Å². The van der Waals surface area contributed by atoms with Crippen LogP contribution in [0.4, 0.5) is 13.2 Å². The number of rotatable bonds is 8. The number of alkyl halides is 3. The van der Waals surface area contributed by atoms with E-state index in [1.54, 1.807) is 38.1 Å². The summed E-state index contributed by atoms with van der Waals surface area (Å²) >= 11 is 0. The number of Topliss-reactive ketones (excluding diaryl/α,β-unsaturated/α-hetero) is 1. The van der Waals surface area contributed by atoms with E-state index >= 15 is 0 Å². The van der Waals surface area contributed by atoms with Crippen molar-refractivity contribution >= 4 is 17.6 Å². The van der Waals surface area contributed by atoms with Gasteiger partial charge in [-0.25, -0.2) is 0 Å². The van der Waals surface area contributed by atoms with Crippen LogP contribution in [0.1, 0.15) is 77.2 Å². The SMILES string of the molecule is COc1ccc(CCN2C(=O)[C@](NC(=O)CCC3CCCCC3)(C(F)(F)F)C3=C2CC(C)(C)CC3=O)cc1. The van der Waals surface area contributed by atoms with Crippen molar-refractivity contribution in [2.45, 2.75) is 89.8 Å². The van der Waals surface area contributed by atoms with Crippen LogP contribution in [-0.4, -0.2) is 47.9 Å². The zero-order valence-corrected chi connectivity index (χ0v) is 22.4. The molecule has 1 heterocycles. The van der Waals surface area contributed by atoms with Crippen molar-refractivity contribution in [3.8, 4) is 5.75 Å². The van der Waals surface area contributed by atoms with Gasteiger partial charge < -0.3 is 15.0 Å². The first-order valence-electron chi connectivity index (χ1n) is 13.5. The highest BCUT2D eigenvalue weighted by molar-refractivity contribution is 6.13. The standard InChI is InChI=1S/C29H37F3N2O4/c1-27(2)17-22-25(23(35)18-27)28(29(30,31)32,33-24(36)14-11-19-7-5-4-6-8-19)26(37)34(22)16-15-20-9-12-21(38-3)13-10-20/h9-10,12-13,19H,4-8,11,14-18H2,1-3H3,(H,33,36)/t28-/m0/s1. The van der Waals surface area contributed by atoms with Crippen LogP contribution in [0, 0.1) is 11.3 Å². The van der Waals surface area contributed by atoms with E-state index in [-0.39, 0.29) is 37.9 Å². The smallest absolute Gasteiger partial charge is 0.425 e. The molecule has 2 aliphatic carbocycles. The normalized spacial score (nSPS) is 24.0. The van der Waals surface area contributed by atoms with E-state index in [2.05, 4.69) is 5.32 Å². The zero-order valence-electron chi connectivity index (χ0n) is 22.4. The molecule has 2 amide bonds. The lowest BCUT2D eigenvalue weighted by Crippen LogP contribution is -2.66. The van der Waals surface area contributed by atoms with Crippen LogP contribution < -0.4 is 10.1 Å². The molecule has 0 spiro atoms. The maximum Gasteiger partial charge on any atom is 0.425 e. The number of ether oxygens (including phenoxy) is 1. The fourth-order valence-corrected chi connectivity index (χ4v) is 6.18. The third kappa shape index (κ3) is 5.47. The molecule has 0 aromatic heterocycles. The Morgan fingerprint density at radius 1 is 1.08 bits per heavy atom. The number of hydrogen-bond donors (Lipinski definition) is 1. The Kier molecular flexibility index (Phi) is 7.96. The van der Waals surface area contributed by atoms with Crippen molar-refractivity contribution in [1.82, 2.24) is 10.2 Å².